The number of ether oxygens (including phenoxy) is 1. The molecule has 1 aliphatic heterocycles. The van der Waals surface area contributed by atoms with Crippen LogP contribution in [0.2, 0.25) is 0 Å². The van der Waals surface area contributed by atoms with Crippen molar-refractivity contribution in [1.29, 1.82) is 0 Å². The van der Waals surface area contributed by atoms with Crippen LogP contribution in [-0.2, 0) is 9.59 Å². The third kappa shape index (κ3) is 1.41. The maximum Gasteiger partial charge on any atom is 0.278 e. The highest BCUT2D eigenvalue weighted by atomic mass is 16.5. The number of carbonyl (C=O) groups is 2. The highest BCUT2D eigenvalue weighted by molar-refractivity contribution is 6.14. The molecule has 5 nitrogen and oxygen atoms in total. The summed E-state index contributed by atoms with van der Waals surface area (Å²) in [6.07, 6.45) is 0. The van der Waals surface area contributed by atoms with Crippen LogP contribution in [0.3, 0.4) is 0 Å². The van der Waals surface area contributed by atoms with Crippen molar-refractivity contribution in [3.63, 3.8) is 0 Å². The van der Waals surface area contributed by atoms with Crippen molar-refractivity contribution in [3.05, 3.63) is 23.8 Å². The number of rotatable bonds is 1. The number of nitrogens with one attached hydrogen (secondary N) is 1. The number of amides is 2. The molecule has 1 atom stereocenters. The molecular formula is C11H12N2O3. The van der Waals surface area contributed by atoms with Crippen LogP contribution in [0.4, 0.5) is 5.69 Å². The first kappa shape index (κ1) is 10.5. The van der Waals surface area contributed by atoms with E-state index in [1.54, 1.807) is 12.1 Å². The van der Waals surface area contributed by atoms with E-state index in [2.05, 4.69) is 5.32 Å². The lowest BCUT2D eigenvalue weighted by Crippen LogP contribution is -2.57. The Balaban J connectivity index is 2.48. The first-order valence-electron chi connectivity index (χ1n) is 4.84. The summed E-state index contributed by atoms with van der Waals surface area (Å²) in [5.74, 6) is -0.894. The second-order valence-corrected chi connectivity index (χ2v) is 3.95. The van der Waals surface area contributed by atoms with Crippen molar-refractivity contribution in [2.24, 2.45) is 5.73 Å². The summed E-state index contributed by atoms with van der Waals surface area (Å²) in [5, 5.41) is 2.59. The predicted molar refractivity (Wildman–Crippen MR) is 58.0 cm³/mol. The van der Waals surface area contributed by atoms with Crippen molar-refractivity contribution >= 4 is 17.5 Å². The van der Waals surface area contributed by atoms with E-state index < -0.39 is 17.4 Å². The zero-order valence-corrected chi connectivity index (χ0v) is 9.03. The number of nitrogens with two attached hydrogens (primary N) is 1. The average Bonchev–Trinajstić information content (AvgIpc) is 2.20. The summed E-state index contributed by atoms with van der Waals surface area (Å²) in [4.78, 5) is 22.9. The summed E-state index contributed by atoms with van der Waals surface area (Å²) < 4.78 is 5.39. The molecular weight excluding hydrogens is 208 g/mol. The third-order valence-corrected chi connectivity index (χ3v) is 2.60. The molecule has 0 bridgehead atoms. The molecule has 0 radical (unpaired) electrons. The zero-order chi connectivity index (χ0) is 11.9. The molecule has 1 aromatic rings. The maximum absolute atomic E-state index is 11.7. The Morgan fingerprint density at radius 2 is 2.19 bits per heavy atom. The van der Waals surface area contributed by atoms with Gasteiger partial charge in [-0.05, 0) is 31.5 Å². The minimum Gasteiger partial charge on any atom is -0.466 e. The average molecular weight is 220 g/mol. The monoisotopic (exact) mass is 220 g/mol. The molecule has 1 aliphatic rings. The number of primary amides is 1. The molecule has 3 N–H and O–H groups in total. The lowest BCUT2D eigenvalue weighted by molar-refractivity contribution is -0.144. The van der Waals surface area contributed by atoms with E-state index in [-0.39, 0.29) is 0 Å². The molecule has 2 amide bonds. The van der Waals surface area contributed by atoms with Crippen LogP contribution in [0.1, 0.15) is 12.5 Å². The van der Waals surface area contributed by atoms with Gasteiger partial charge in [-0.25, -0.2) is 0 Å². The Kier molecular flexibility index (Phi) is 2.11. The fourth-order valence-electron chi connectivity index (χ4n) is 1.49. The van der Waals surface area contributed by atoms with Gasteiger partial charge < -0.3 is 15.8 Å². The van der Waals surface area contributed by atoms with Crippen LogP contribution >= 0.6 is 0 Å². The van der Waals surface area contributed by atoms with E-state index >= 15 is 0 Å². The first-order chi connectivity index (χ1) is 7.43. The van der Waals surface area contributed by atoms with Gasteiger partial charge in [0.05, 0.1) is 5.69 Å². The van der Waals surface area contributed by atoms with E-state index in [1.165, 1.54) is 6.92 Å². The van der Waals surface area contributed by atoms with Crippen LogP contribution < -0.4 is 15.8 Å². The SMILES string of the molecule is Cc1ccc2c(c1)O[C@](C)(C(N)=O)C(=O)N2. The molecule has 0 spiro atoms. The largest absolute Gasteiger partial charge is 0.466 e. The van der Waals surface area contributed by atoms with Gasteiger partial charge in [-0.1, -0.05) is 6.07 Å². The highest BCUT2D eigenvalue weighted by Crippen LogP contribution is 2.34. The summed E-state index contributed by atoms with van der Waals surface area (Å²) in [6.45, 7) is 3.25. The van der Waals surface area contributed by atoms with Crippen LogP contribution in [0.25, 0.3) is 0 Å². The second-order valence-electron chi connectivity index (χ2n) is 3.95. The standard InChI is InChI=1S/C11H12N2O3/c1-6-3-4-7-8(5-6)16-11(2,9(12)14)10(15)13-7/h3-5H,1-2H3,(H2,12,14)(H,13,15)/t11-/m1/s1. The number of aryl methyl sites for hydroxylation is 1. The molecule has 5 heteroatoms. The lowest BCUT2D eigenvalue weighted by Gasteiger charge is -2.32. The molecule has 1 aromatic carbocycles. The minimum atomic E-state index is -1.64. The zero-order valence-electron chi connectivity index (χ0n) is 9.03. The number of fused-ring (bicyclic) bond motifs is 1. The minimum absolute atomic E-state index is 0.459. The molecule has 0 aromatic heterocycles. The lowest BCUT2D eigenvalue weighted by atomic mass is 10.0. The smallest absolute Gasteiger partial charge is 0.278 e. The molecule has 84 valence electrons. The van der Waals surface area contributed by atoms with Crippen LogP contribution in [0, 0.1) is 6.92 Å². The van der Waals surface area contributed by atoms with Gasteiger partial charge in [0.1, 0.15) is 5.75 Å². The molecule has 16 heavy (non-hydrogen) atoms. The van der Waals surface area contributed by atoms with Gasteiger partial charge in [-0.15, -0.1) is 0 Å². The number of anilines is 1. The van der Waals surface area contributed by atoms with E-state index in [1.807, 2.05) is 13.0 Å². The third-order valence-electron chi connectivity index (χ3n) is 2.60. The molecule has 0 fully saturated rings. The van der Waals surface area contributed by atoms with Crippen molar-refractivity contribution in [1.82, 2.24) is 0 Å². The first-order valence-corrected chi connectivity index (χ1v) is 4.84. The van der Waals surface area contributed by atoms with Crippen LogP contribution in [-0.4, -0.2) is 17.4 Å². The van der Waals surface area contributed by atoms with Crippen LogP contribution in [0.15, 0.2) is 18.2 Å². The van der Waals surface area contributed by atoms with Gasteiger partial charge in [0.2, 0.25) is 0 Å². The quantitative estimate of drug-likeness (QED) is 0.679. The van der Waals surface area contributed by atoms with Crippen molar-refractivity contribution in [2.75, 3.05) is 5.32 Å². The summed E-state index contributed by atoms with van der Waals surface area (Å²) in [7, 11) is 0. The van der Waals surface area contributed by atoms with Crippen LogP contribution in [0.5, 0.6) is 5.75 Å². The second kappa shape index (κ2) is 3.23. The summed E-state index contributed by atoms with van der Waals surface area (Å²) in [6, 6.07) is 5.31. The van der Waals surface area contributed by atoms with E-state index in [0.29, 0.717) is 11.4 Å². The predicted octanol–water partition coefficient (Wildman–Crippen LogP) is 0.570. The van der Waals surface area contributed by atoms with E-state index in [4.69, 9.17) is 10.5 Å². The number of carbonyl (C=O) groups excluding carboxylic acids is 2. The molecule has 1 heterocycles. The molecule has 0 aliphatic carbocycles. The Morgan fingerprint density at radius 3 is 2.81 bits per heavy atom. The molecule has 0 unspecified atom stereocenters. The fraction of sp³-hybridized carbons (Fsp3) is 0.273. The fourth-order valence-corrected chi connectivity index (χ4v) is 1.49. The Morgan fingerprint density at radius 1 is 1.50 bits per heavy atom. The normalized spacial score (nSPS) is 23.0. The van der Waals surface area contributed by atoms with E-state index in [0.717, 1.165) is 5.56 Å². The van der Waals surface area contributed by atoms with Gasteiger partial charge in [-0.3, -0.25) is 9.59 Å². The van der Waals surface area contributed by atoms with Crippen molar-refractivity contribution < 1.29 is 14.3 Å². The Hall–Kier alpha value is -2.04. The Bertz CT molecular complexity index is 484. The van der Waals surface area contributed by atoms with Gasteiger partial charge in [0.25, 0.3) is 17.4 Å². The molecule has 0 saturated heterocycles. The molecule has 2 rings (SSSR count). The number of benzene rings is 1. The topological polar surface area (TPSA) is 81.4 Å². The maximum atomic E-state index is 11.7. The van der Waals surface area contributed by atoms with Gasteiger partial charge in [0.15, 0.2) is 0 Å². The Labute approximate surface area is 92.6 Å². The van der Waals surface area contributed by atoms with E-state index in [9.17, 15) is 9.59 Å². The van der Waals surface area contributed by atoms with Gasteiger partial charge in [-0.2, -0.15) is 0 Å². The van der Waals surface area contributed by atoms with Crippen molar-refractivity contribution in [3.8, 4) is 5.75 Å². The van der Waals surface area contributed by atoms with Gasteiger partial charge in [0, 0.05) is 0 Å². The van der Waals surface area contributed by atoms with Crippen molar-refractivity contribution in [2.45, 2.75) is 19.4 Å². The summed E-state index contributed by atoms with van der Waals surface area (Å²) in [5.41, 5.74) is 5.05. The summed E-state index contributed by atoms with van der Waals surface area (Å²) >= 11 is 0. The molecule has 0 saturated carbocycles. The highest BCUT2D eigenvalue weighted by Gasteiger charge is 2.45. The number of hydrogen-bond donors (Lipinski definition) is 2. The number of hydrogen-bond acceptors (Lipinski definition) is 3. The van der Waals surface area contributed by atoms with Gasteiger partial charge >= 0.3 is 0 Å².